The summed E-state index contributed by atoms with van der Waals surface area (Å²) in [4.78, 5) is 24.7. The number of likely N-dealkylation sites (tertiary alicyclic amines) is 1. The van der Waals surface area contributed by atoms with Crippen molar-refractivity contribution in [3.8, 4) is 0 Å². The maximum Gasteiger partial charge on any atom is 0.409 e. The van der Waals surface area contributed by atoms with Crippen molar-refractivity contribution in [2.45, 2.75) is 45.4 Å². The molecule has 9 nitrogen and oxygen atoms in total. The number of aliphatic imine (C=N–C) groups is 1. The zero-order chi connectivity index (χ0) is 20.6. The molecule has 2 aliphatic heterocycles. The molecule has 30 heavy (non-hydrogen) atoms. The van der Waals surface area contributed by atoms with Crippen LogP contribution in [0, 0.1) is 0 Å². The van der Waals surface area contributed by atoms with Crippen molar-refractivity contribution in [3.63, 3.8) is 0 Å². The number of amides is 1. The van der Waals surface area contributed by atoms with Crippen LogP contribution >= 0.6 is 24.0 Å². The summed E-state index contributed by atoms with van der Waals surface area (Å²) in [6.45, 7) is 8.55. The molecule has 3 rings (SSSR count). The van der Waals surface area contributed by atoms with Crippen LogP contribution in [0.25, 0.3) is 0 Å². The first-order chi connectivity index (χ1) is 14.0. The molecule has 0 bridgehead atoms. The van der Waals surface area contributed by atoms with Gasteiger partial charge in [0.25, 0.3) is 0 Å². The minimum atomic E-state index is -0.241. The summed E-state index contributed by atoms with van der Waals surface area (Å²) in [7, 11) is 0. The van der Waals surface area contributed by atoms with E-state index in [1.807, 2.05) is 25.3 Å². The second-order valence-electron chi connectivity index (χ2n) is 7.46. The maximum atomic E-state index is 11.7. The van der Waals surface area contributed by atoms with E-state index in [0.29, 0.717) is 32.2 Å². The topological polar surface area (TPSA) is 105 Å². The average Bonchev–Trinajstić information content (AvgIpc) is 2.73. The van der Waals surface area contributed by atoms with Gasteiger partial charge in [-0.15, -0.1) is 24.0 Å². The third kappa shape index (κ3) is 7.15. The molecule has 2 aliphatic rings. The highest BCUT2D eigenvalue weighted by Gasteiger charge is 2.23. The normalized spacial score (nSPS) is 20.5. The Morgan fingerprint density at radius 3 is 2.77 bits per heavy atom. The third-order valence-electron chi connectivity index (χ3n) is 5.18. The van der Waals surface area contributed by atoms with Gasteiger partial charge in [0, 0.05) is 38.4 Å². The van der Waals surface area contributed by atoms with Gasteiger partial charge in [-0.2, -0.15) is 0 Å². The summed E-state index contributed by atoms with van der Waals surface area (Å²) in [5.41, 5.74) is 7.06. The molecule has 3 N–H and O–H groups in total. The van der Waals surface area contributed by atoms with Crippen LogP contribution in [0.2, 0.25) is 0 Å². The number of carbonyl (C=O) groups excluding carboxylic acids is 1. The number of hydrogen-bond donors (Lipinski definition) is 2. The minimum absolute atomic E-state index is 0. The molecule has 2 saturated heterocycles. The fraction of sp³-hybridized carbons (Fsp3) is 0.650. The Balaban J connectivity index is 0.00000320. The molecule has 0 radical (unpaired) electrons. The standard InChI is InChI=1S/C20H32N6O3.HI/c1-3-28-20(27)25-8-6-17(7-9-25)24-19(21)23-13-16-4-5-18(22-12-16)26-10-11-29-15(2)14-26;/h4-5,12,15,17H,3,6-11,13-14H2,1-2H3,(H3,21,23,24);1H. The quantitative estimate of drug-likeness (QED) is 0.339. The number of nitrogens with two attached hydrogens (primary N) is 1. The Morgan fingerprint density at radius 1 is 1.37 bits per heavy atom. The number of aromatic nitrogens is 1. The maximum absolute atomic E-state index is 11.7. The highest BCUT2D eigenvalue weighted by Crippen LogP contribution is 2.16. The van der Waals surface area contributed by atoms with Gasteiger partial charge in [-0.25, -0.2) is 14.8 Å². The predicted octanol–water partition coefficient (Wildman–Crippen LogP) is 1.95. The molecule has 10 heteroatoms. The van der Waals surface area contributed by atoms with Crippen LogP contribution in [-0.2, 0) is 16.0 Å². The Labute approximate surface area is 195 Å². The monoisotopic (exact) mass is 532 g/mol. The van der Waals surface area contributed by atoms with Crippen molar-refractivity contribution >= 4 is 41.8 Å². The summed E-state index contributed by atoms with van der Waals surface area (Å²) < 4.78 is 10.6. The van der Waals surface area contributed by atoms with E-state index < -0.39 is 0 Å². The number of hydrogen-bond acceptors (Lipinski definition) is 6. The van der Waals surface area contributed by atoms with Gasteiger partial charge in [0.05, 0.1) is 25.9 Å². The van der Waals surface area contributed by atoms with Crippen molar-refractivity contribution in [2.75, 3.05) is 44.3 Å². The van der Waals surface area contributed by atoms with Crippen LogP contribution in [-0.4, -0.2) is 73.5 Å². The van der Waals surface area contributed by atoms with Crippen molar-refractivity contribution < 1.29 is 14.3 Å². The number of carbonyl (C=O) groups is 1. The predicted molar refractivity (Wildman–Crippen MR) is 127 cm³/mol. The highest BCUT2D eigenvalue weighted by atomic mass is 127. The molecular formula is C20H33IN6O3. The average molecular weight is 532 g/mol. The molecule has 0 spiro atoms. The van der Waals surface area contributed by atoms with Crippen molar-refractivity contribution in [1.82, 2.24) is 15.2 Å². The molecule has 1 aromatic heterocycles. The molecule has 0 aromatic carbocycles. The first kappa shape index (κ1) is 24.4. The van der Waals surface area contributed by atoms with Gasteiger partial charge in [-0.1, -0.05) is 6.07 Å². The molecule has 1 aromatic rings. The fourth-order valence-electron chi connectivity index (χ4n) is 3.58. The lowest BCUT2D eigenvalue weighted by Crippen LogP contribution is -2.48. The van der Waals surface area contributed by atoms with Crippen LogP contribution in [0.1, 0.15) is 32.3 Å². The number of pyridine rings is 1. The van der Waals surface area contributed by atoms with Gasteiger partial charge in [0.1, 0.15) is 5.82 Å². The number of morpholine rings is 1. The number of guanidine groups is 1. The summed E-state index contributed by atoms with van der Waals surface area (Å²) in [5.74, 6) is 1.39. The smallest absolute Gasteiger partial charge is 0.409 e. The van der Waals surface area contributed by atoms with E-state index in [4.69, 9.17) is 15.2 Å². The molecule has 0 aliphatic carbocycles. The number of ether oxygens (including phenoxy) is 2. The van der Waals surface area contributed by atoms with E-state index in [9.17, 15) is 4.79 Å². The van der Waals surface area contributed by atoms with Crippen molar-refractivity contribution in [2.24, 2.45) is 10.7 Å². The lowest BCUT2D eigenvalue weighted by atomic mass is 10.1. The second kappa shape index (κ2) is 12.1. The Morgan fingerprint density at radius 2 is 2.13 bits per heavy atom. The van der Waals surface area contributed by atoms with E-state index in [0.717, 1.165) is 43.9 Å². The summed E-state index contributed by atoms with van der Waals surface area (Å²) in [6.07, 6.45) is 3.48. The van der Waals surface area contributed by atoms with E-state index in [-0.39, 0.29) is 42.2 Å². The van der Waals surface area contributed by atoms with Crippen molar-refractivity contribution in [3.05, 3.63) is 23.9 Å². The Kier molecular flexibility index (Phi) is 9.89. The number of nitrogens with zero attached hydrogens (tertiary/aromatic N) is 4. The minimum Gasteiger partial charge on any atom is -0.450 e. The Hall–Kier alpha value is -1.82. The van der Waals surface area contributed by atoms with Gasteiger partial charge in [-0.05, 0) is 38.3 Å². The van der Waals surface area contributed by atoms with Gasteiger partial charge < -0.3 is 30.3 Å². The number of rotatable bonds is 5. The molecule has 1 atom stereocenters. The van der Waals surface area contributed by atoms with Crippen molar-refractivity contribution in [1.29, 1.82) is 0 Å². The lowest BCUT2D eigenvalue weighted by molar-refractivity contribution is 0.0529. The van der Waals surface area contributed by atoms with Crippen LogP contribution in [0.15, 0.2) is 23.3 Å². The molecule has 1 amide bonds. The molecule has 1 unspecified atom stereocenters. The second-order valence-corrected chi connectivity index (χ2v) is 7.46. The van der Waals surface area contributed by atoms with E-state index in [1.54, 1.807) is 4.90 Å². The zero-order valence-corrected chi connectivity index (χ0v) is 20.1. The van der Waals surface area contributed by atoms with E-state index in [1.165, 1.54) is 0 Å². The number of halogens is 1. The number of nitrogens with one attached hydrogen (secondary N) is 1. The van der Waals surface area contributed by atoms with Crippen LogP contribution in [0.4, 0.5) is 10.6 Å². The van der Waals surface area contributed by atoms with Crippen LogP contribution in [0.3, 0.4) is 0 Å². The Bertz CT molecular complexity index is 694. The fourth-order valence-corrected chi connectivity index (χ4v) is 3.58. The lowest BCUT2D eigenvalue weighted by Gasteiger charge is -2.32. The third-order valence-corrected chi connectivity index (χ3v) is 5.18. The number of piperidine rings is 1. The van der Waals surface area contributed by atoms with Crippen LogP contribution in [0.5, 0.6) is 0 Å². The molecule has 168 valence electrons. The summed E-state index contributed by atoms with van der Waals surface area (Å²) >= 11 is 0. The zero-order valence-electron chi connectivity index (χ0n) is 17.7. The molecule has 2 fully saturated rings. The summed E-state index contributed by atoms with van der Waals surface area (Å²) in [5, 5.41) is 3.25. The first-order valence-corrected chi connectivity index (χ1v) is 10.3. The van der Waals surface area contributed by atoms with Crippen LogP contribution < -0.4 is 16.0 Å². The van der Waals surface area contributed by atoms with Gasteiger partial charge >= 0.3 is 6.09 Å². The van der Waals surface area contributed by atoms with Gasteiger partial charge in [0.15, 0.2) is 5.96 Å². The molecular weight excluding hydrogens is 499 g/mol. The van der Waals surface area contributed by atoms with E-state index in [2.05, 4.69) is 27.1 Å². The number of anilines is 1. The van der Waals surface area contributed by atoms with E-state index >= 15 is 0 Å². The molecule has 0 saturated carbocycles. The SMILES string of the molecule is CCOC(=O)N1CCC(NC(N)=NCc2ccc(N3CCOC(C)C3)nc2)CC1.I. The molecule has 3 heterocycles. The summed E-state index contributed by atoms with van der Waals surface area (Å²) in [6, 6.07) is 4.28. The largest absolute Gasteiger partial charge is 0.450 e. The first-order valence-electron chi connectivity index (χ1n) is 10.3. The van der Waals surface area contributed by atoms with Gasteiger partial charge in [0.2, 0.25) is 0 Å². The van der Waals surface area contributed by atoms with Gasteiger partial charge in [-0.3, -0.25) is 0 Å². The highest BCUT2D eigenvalue weighted by molar-refractivity contribution is 14.0.